The highest BCUT2D eigenvalue weighted by Crippen LogP contribution is 2.31. The van der Waals surface area contributed by atoms with Crippen molar-refractivity contribution in [3.63, 3.8) is 0 Å². The molecule has 0 fully saturated rings. The van der Waals surface area contributed by atoms with Gasteiger partial charge in [0, 0.05) is 23.7 Å². The molecule has 0 aliphatic carbocycles. The van der Waals surface area contributed by atoms with E-state index in [-0.39, 0.29) is 11.9 Å². The molecule has 3 aromatic carbocycles. The molecule has 0 radical (unpaired) electrons. The molecule has 0 N–H and O–H groups in total. The Morgan fingerprint density at radius 3 is 2.52 bits per heavy atom. The monoisotopic (exact) mass is 405 g/mol. The van der Waals surface area contributed by atoms with Crippen molar-refractivity contribution in [2.75, 3.05) is 13.7 Å². The SMILES string of the molecule is COC(=O)c1cccc(-c2cccc3c2CCN(C(=O)c2cccc(Cl)c2)C3)c1. The lowest BCUT2D eigenvalue weighted by Gasteiger charge is -2.30. The number of hydrogen-bond acceptors (Lipinski definition) is 3. The normalized spacial score (nSPS) is 13.0. The van der Waals surface area contributed by atoms with Crippen molar-refractivity contribution in [1.82, 2.24) is 4.90 Å². The third-order valence-electron chi connectivity index (χ3n) is 5.22. The molecule has 0 unspecified atom stereocenters. The summed E-state index contributed by atoms with van der Waals surface area (Å²) in [7, 11) is 1.38. The molecule has 4 rings (SSSR count). The van der Waals surface area contributed by atoms with Crippen molar-refractivity contribution in [3.05, 3.63) is 94.0 Å². The average Bonchev–Trinajstić information content (AvgIpc) is 2.77. The fraction of sp³-hybridized carbons (Fsp3) is 0.167. The van der Waals surface area contributed by atoms with E-state index in [1.807, 2.05) is 29.2 Å². The van der Waals surface area contributed by atoms with Gasteiger partial charge in [-0.1, -0.05) is 48.0 Å². The zero-order chi connectivity index (χ0) is 20.4. The topological polar surface area (TPSA) is 46.6 Å². The van der Waals surface area contributed by atoms with Gasteiger partial charge in [-0.05, 0) is 59.0 Å². The molecule has 0 bridgehead atoms. The van der Waals surface area contributed by atoms with Crippen molar-refractivity contribution < 1.29 is 14.3 Å². The van der Waals surface area contributed by atoms with E-state index >= 15 is 0 Å². The third kappa shape index (κ3) is 3.89. The van der Waals surface area contributed by atoms with Crippen LogP contribution >= 0.6 is 11.6 Å². The van der Waals surface area contributed by atoms with Gasteiger partial charge >= 0.3 is 5.97 Å². The largest absolute Gasteiger partial charge is 0.465 e. The van der Waals surface area contributed by atoms with Gasteiger partial charge in [0.15, 0.2) is 0 Å². The smallest absolute Gasteiger partial charge is 0.337 e. The van der Waals surface area contributed by atoms with Crippen LogP contribution < -0.4 is 0 Å². The summed E-state index contributed by atoms with van der Waals surface area (Å²) in [6, 6.07) is 20.6. The number of halogens is 1. The minimum Gasteiger partial charge on any atom is -0.465 e. The van der Waals surface area contributed by atoms with Gasteiger partial charge in [-0.25, -0.2) is 4.79 Å². The highest BCUT2D eigenvalue weighted by molar-refractivity contribution is 6.30. The van der Waals surface area contributed by atoms with Crippen LogP contribution in [0.25, 0.3) is 11.1 Å². The van der Waals surface area contributed by atoms with Crippen LogP contribution in [-0.2, 0) is 17.7 Å². The minimum atomic E-state index is -0.352. The summed E-state index contributed by atoms with van der Waals surface area (Å²) in [5, 5.41) is 0.557. The summed E-state index contributed by atoms with van der Waals surface area (Å²) in [6.07, 6.45) is 0.750. The molecule has 0 atom stereocenters. The number of methoxy groups -OCH3 is 1. The zero-order valence-corrected chi connectivity index (χ0v) is 16.8. The Labute approximate surface area is 174 Å². The van der Waals surface area contributed by atoms with Gasteiger partial charge in [0.25, 0.3) is 5.91 Å². The fourth-order valence-electron chi connectivity index (χ4n) is 3.79. The fourth-order valence-corrected chi connectivity index (χ4v) is 3.98. The molecule has 1 amide bonds. The van der Waals surface area contributed by atoms with Crippen LogP contribution in [0.4, 0.5) is 0 Å². The number of nitrogens with zero attached hydrogens (tertiary/aromatic N) is 1. The predicted octanol–water partition coefficient (Wildman–Crippen LogP) is 4.99. The van der Waals surface area contributed by atoms with Crippen molar-refractivity contribution in [3.8, 4) is 11.1 Å². The summed E-state index contributed by atoms with van der Waals surface area (Å²) in [4.78, 5) is 26.6. The number of rotatable bonds is 3. The van der Waals surface area contributed by atoms with Crippen molar-refractivity contribution in [2.24, 2.45) is 0 Å². The van der Waals surface area contributed by atoms with Crippen LogP contribution in [0, 0.1) is 0 Å². The summed E-state index contributed by atoms with van der Waals surface area (Å²) in [6.45, 7) is 1.18. The lowest BCUT2D eigenvalue weighted by molar-refractivity contribution is 0.0600. The average molecular weight is 406 g/mol. The molecule has 0 spiro atoms. The van der Waals surface area contributed by atoms with E-state index in [1.54, 1.807) is 30.3 Å². The van der Waals surface area contributed by atoms with Crippen LogP contribution in [0.2, 0.25) is 5.02 Å². The Bertz CT molecular complexity index is 1090. The van der Waals surface area contributed by atoms with Crippen LogP contribution in [0.15, 0.2) is 66.7 Å². The van der Waals surface area contributed by atoms with E-state index in [0.717, 1.165) is 23.1 Å². The van der Waals surface area contributed by atoms with Crippen LogP contribution in [0.1, 0.15) is 31.8 Å². The van der Waals surface area contributed by atoms with Gasteiger partial charge in [-0.15, -0.1) is 0 Å². The highest BCUT2D eigenvalue weighted by Gasteiger charge is 2.24. The first-order chi connectivity index (χ1) is 14.1. The van der Waals surface area contributed by atoms with Crippen LogP contribution in [0.3, 0.4) is 0 Å². The van der Waals surface area contributed by atoms with Gasteiger partial charge in [-0.2, -0.15) is 0 Å². The second-order valence-corrected chi connectivity index (χ2v) is 7.44. The number of carbonyl (C=O) groups excluding carboxylic acids is 2. The Morgan fingerprint density at radius 2 is 1.72 bits per heavy atom. The van der Waals surface area contributed by atoms with Crippen molar-refractivity contribution in [2.45, 2.75) is 13.0 Å². The standard InChI is InChI=1S/C24H20ClNO3/c1-29-24(28)18-7-2-5-16(13-18)21-10-4-8-19-15-26(12-11-22(19)21)23(27)17-6-3-9-20(25)14-17/h2-10,13-14H,11-12,15H2,1H3. The van der Waals surface area contributed by atoms with E-state index in [2.05, 4.69) is 12.1 Å². The van der Waals surface area contributed by atoms with E-state index in [0.29, 0.717) is 29.2 Å². The van der Waals surface area contributed by atoms with E-state index in [1.165, 1.54) is 12.7 Å². The molecule has 0 saturated heterocycles. The van der Waals surface area contributed by atoms with Gasteiger partial charge in [0.1, 0.15) is 0 Å². The molecule has 5 heteroatoms. The number of benzene rings is 3. The molecule has 1 aliphatic rings. The second-order valence-electron chi connectivity index (χ2n) is 7.00. The first kappa shape index (κ1) is 19.2. The maximum absolute atomic E-state index is 12.9. The molecule has 3 aromatic rings. The molecule has 0 saturated carbocycles. The molecule has 4 nitrogen and oxygen atoms in total. The molecule has 1 heterocycles. The maximum Gasteiger partial charge on any atom is 0.337 e. The Kier molecular flexibility index (Phi) is 5.36. The molecule has 29 heavy (non-hydrogen) atoms. The highest BCUT2D eigenvalue weighted by atomic mass is 35.5. The summed E-state index contributed by atoms with van der Waals surface area (Å²) < 4.78 is 4.84. The molecule has 146 valence electrons. The summed E-state index contributed by atoms with van der Waals surface area (Å²) in [5.74, 6) is -0.369. The number of hydrogen-bond donors (Lipinski definition) is 0. The number of fused-ring (bicyclic) bond motifs is 1. The van der Waals surface area contributed by atoms with E-state index in [9.17, 15) is 9.59 Å². The third-order valence-corrected chi connectivity index (χ3v) is 5.45. The first-order valence-corrected chi connectivity index (χ1v) is 9.79. The Hall–Kier alpha value is -3.11. The van der Waals surface area contributed by atoms with E-state index < -0.39 is 0 Å². The van der Waals surface area contributed by atoms with E-state index in [4.69, 9.17) is 16.3 Å². The van der Waals surface area contributed by atoms with Gasteiger partial charge < -0.3 is 9.64 Å². The maximum atomic E-state index is 12.9. The summed E-state index contributed by atoms with van der Waals surface area (Å²) in [5.41, 5.74) is 5.51. The number of amides is 1. The first-order valence-electron chi connectivity index (χ1n) is 9.41. The molecule has 0 aromatic heterocycles. The Balaban J connectivity index is 1.63. The van der Waals surface area contributed by atoms with Gasteiger partial charge in [0.2, 0.25) is 0 Å². The van der Waals surface area contributed by atoms with Crippen LogP contribution in [0.5, 0.6) is 0 Å². The minimum absolute atomic E-state index is 0.0174. The molecular weight excluding hydrogens is 386 g/mol. The molecule has 1 aliphatic heterocycles. The number of esters is 1. The lowest BCUT2D eigenvalue weighted by atomic mass is 9.90. The lowest BCUT2D eigenvalue weighted by Crippen LogP contribution is -2.36. The van der Waals surface area contributed by atoms with Crippen molar-refractivity contribution in [1.29, 1.82) is 0 Å². The Morgan fingerprint density at radius 1 is 0.966 bits per heavy atom. The summed E-state index contributed by atoms with van der Waals surface area (Å²) >= 11 is 6.04. The van der Waals surface area contributed by atoms with Gasteiger partial charge in [0.05, 0.1) is 12.7 Å². The zero-order valence-electron chi connectivity index (χ0n) is 16.0. The number of ether oxygens (including phenoxy) is 1. The van der Waals surface area contributed by atoms with Gasteiger partial charge in [-0.3, -0.25) is 4.79 Å². The second kappa shape index (κ2) is 8.10. The van der Waals surface area contributed by atoms with Crippen LogP contribution in [-0.4, -0.2) is 30.4 Å². The quantitative estimate of drug-likeness (QED) is 0.576. The molecular formula is C24H20ClNO3. The predicted molar refractivity (Wildman–Crippen MR) is 113 cm³/mol. The van der Waals surface area contributed by atoms with Crippen molar-refractivity contribution >= 4 is 23.5 Å². The number of carbonyl (C=O) groups is 2.